The summed E-state index contributed by atoms with van der Waals surface area (Å²) in [6, 6.07) is 0.174. The van der Waals surface area contributed by atoms with Crippen LogP contribution in [0.1, 0.15) is 0 Å². The fraction of sp³-hybridized carbons (Fsp3) is 0.500. The van der Waals surface area contributed by atoms with Crippen LogP contribution >= 0.6 is 0 Å². The molecule has 0 aromatic carbocycles. The lowest BCUT2D eigenvalue weighted by atomic mass is 10.6. The van der Waals surface area contributed by atoms with Gasteiger partial charge in [0, 0.05) is 7.11 Å². The van der Waals surface area contributed by atoms with Gasteiger partial charge in [-0.05, 0) is 0 Å². The monoisotopic (exact) mass is 186 g/mol. The lowest BCUT2D eigenvalue weighted by Gasteiger charge is -1.97. The van der Waals surface area contributed by atoms with Crippen molar-refractivity contribution in [3.63, 3.8) is 0 Å². The SMILES string of the molecule is COCC(=O)Nc1nc(OC)n[nH]1. The normalized spacial score (nSPS) is 9.69. The number of nitrogens with zero attached hydrogens (tertiary/aromatic N) is 2. The molecule has 7 nitrogen and oxygen atoms in total. The zero-order valence-electron chi connectivity index (χ0n) is 7.33. The average Bonchev–Trinajstić information content (AvgIpc) is 2.52. The third-order valence-corrected chi connectivity index (χ3v) is 1.18. The molecule has 0 aliphatic rings. The molecule has 1 rings (SSSR count). The van der Waals surface area contributed by atoms with Crippen LogP contribution in [0.3, 0.4) is 0 Å². The van der Waals surface area contributed by atoms with E-state index in [1.54, 1.807) is 0 Å². The van der Waals surface area contributed by atoms with Crippen molar-refractivity contribution in [2.24, 2.45) is 0 Å². The molecule has 0 aliphatic heterocycles. The first-order valence-corrected chi connectivity index (χ1v) is 3.51. The molecule has 0 saturated carbocycles. The molecular formula is C6H10N4O3. The highest BCUT2D eigenvalue weighted by atomic mass is 16.5. The third kappa shape index (κ3) is 2.71. The highest BCUT2D eigenvalue weighted by molar-refractivity contribution is 5.89. The summed E-state index contributed by atoms with van der Waals surface area (Å²) in [5.74, 6) is -0.0693. The molecule has 0 saturated heterocycles. The van der Waals surface area contributed by atoms with Crippen molar-refractivity contribution in [2.75, 3.05) is 26.1 Å². The van der Waals surface area contributed by atoms with Crippen molar-refractivity contribution in [2.45, 2.75) is 0 Å². The van der Waals surface area contributed by atoms with Crippen molar-refractivity contribution < 1.29 is 14.3 Å². The van der Waals surface area contributed by atoms with Crippen LogP contribution in [-0.4, -0.2) is 41.9 Å². The Morgan fingerprint density at radius 2 is 2.38 bits per heavy atom. The smallest absolute Gasteiger partial charge is 0.336 e. The molecule has 0 atom stereocenters. The van der Waals surface area contributed by atoms with Gasteiger partial charge in [0.2, 0.25) is 5.95 Å². The second-order valence-corrected chi connectivity index (χ2v) is 2.15. The van der Waals surface area contributed by atoms with E-state index in [0.29, 0.717) is 0 Å². The predicted molar refractivity (Wildman–Crippen MR) is 43.4 cm³/mol. The van der Waals surface area contributed by atoms with Crippen LogP contribution in [-0.2, 0) is 9.53 Å². The van der Waals surface area contributed by atoms with Gasteiger partial charge < -0.3 is 9.47 Å². The van der Waals surface area contributed by atoms with Gasteiger partial charge in [-0.15, -0.1) is 5.10 Å². The number of carbonyl (C=O) groups is 1. The molecule has 0 unspecified atom stereocenters. The number of amides is 1. The Balaban J connectivity index is 2.49. The summed E-state index contributed by atoms with van der Waals surface area (Å²) in [6.45, 7) is -0.0248. The standard InChI is InChI=1S/C6H10N4O3/c1-12-3-4(11)7-5-8-6(13-2)10-9-5/h3H2,1-2H3,(H2,7,8,9,10,11). The number of aromatic nitrogens is 3. The van der Waals surface area contributed by atoms with Gasteiger partial charge in [0.15, 0.2) is 0 Å². The van der Waals surface area contributed by atoms with Crippen LogP contribution in [0.15, 0.2) is 0 Å². The molecule has 1 heterocycles. The number of carbonyl (C=O) groups excluding carboxylic acids is 1. The summed E-state index contributed by atoms with van der Waals surface area (Å²) >= 11 is 0. The van der Waals surface area contributed by atoms with Gasteiger partial charge in [-0.2, -0.15) is 4.98 Å². The van der Waals surface area contributed by atoms with E-state index in [-0.39, 0.29) is 24.5 Å². The minimum Gasteiger partial charge on any atom is -0.466 e. The van der Waals surface area contributed by atoms with E-state index < -0.39 is 0 Å². The number of ether oxygens (including phenoxy) is 2. The summed E-state index contributed by atoms with van der Waals surface area (Å²) in [5.41, 5.74) is 0. The fourth-order valence-corrected chi connectivity index (χ4v) is 0.693. The Kier molecular flexibility index (Phi) is 3.21. The number of nitrogens with one attached hydrogen (secondary N) is 2. The van der Waals surface area contributed by atoms with E-state index in [1.807, 2.05) is 0 Å². The molecule has 0 aliphatic carbocycles. The topological polar surface area (TPSA) is 89.1 Å². The molecule has 7 heteroatoms. The van der Waals surface area contributed by atoms with Gasteiger partial charge in [0.1, 0.15) is 6.61 Å². The Hall–Kier alpha value is -1.63. The van der Waals surface area contributed by atoms with Crippen molar-refractivity contribution in [1.82, 2.24) is 15.2 Å². The Morgan fingerprint density at radius 1 is 1.62 bits per heavy atom. The molecule has 0 spiro atoms. The lowest BCUT2D eigenvalue weighted by Crippen LogP contribution is -2.17. The van der Waals surface area contributed by atoms with Crippen molar-refractivity contribution in [1.29, 1.82) is 0 Å². The quantitative estimate of drug-likeness (QED) is 0.655. The van der Waals surface area contributed by atoms with Gasteiger partial charge in [0.05, 0.1) is 7.11 Å². The van der Waals surface area contributed by atoms with Crippen LogP contribution in [0.5, 0.6) is 6.01 Å². The first-order valence-electron chi connectivity index (χ1n) is 3.51. The number of methoxy groups -OCH3 is 2. The van der Waals surface area contributed by atoms with Gasteiger partial charge in [-0.3, -0.25) is 10.1 Å². The van der Waals surface area contributed by atoms with Crippen molar-refractivity contribution in [3.8, 4) is 6.01 Å². The first-order chi connectivity index (χ1) is 6.26. The molecule has 72 valence electrons. The van der Waals surface area contributed by atoms with Crippen LogP contribution in [0, 0.1) is 0 Å². The summed E-state index contributed by atoms with van der Waals surface area (Å²) in [7, 11) is 2.87. The molecule has 1 aromatic rings. The summed E-state index contributed by atoms with van der Waals surface area (Å²) in [6.07, 6.45) is 0. The molecule has 1 amide bonds. The lowest BCUT2D eigenvalue weighted by molar-refractivity contribution is -0.119. The zero-order valence-corrected chi connectivity index (χ0v) is 7.33. The maximum Gasteiger partial charge on any atom is 0.336 e. The molecule has 0 fully saturated rings. The molecule has 2 N–H and O–H groups in total. The number of rotatable bonds is 4. The second kappa shape index (κ2) is 4.41. The zero-order chi connectivity index (χ0) is 9.68. The van der Waals surface area contributed by atoms with Crippen LogP contribution in [0.25, 0.3) is 0 Å². The fourth-order valence-electron chi connectivity index (χ4n) is 0.693. The van der Waals surface area contributed by atoms with Gasteiger partial charge in [-0.1, -0.05) is 0 Å². The predicted octanol–water partition coefficient (Wildman–Crippen LogP) is -0.602. The maximum absolute atomic E-state index is 10.9. The highest BCUT2D eigenvalue weighted by Gasteiger charge is 2.05. The molecule has 0 bridgehead atoms. The first kappa shape index (κ1) is 9.46. The minimum atomic E-state index is -0.304. The summed E-state index contributed by atoms with van der Waals surface area (Å²) < 4.78 is 9.30. The number of hydrogen-bond acceptors (Lipinski definition) is 5. The van der Waals surface area contributed by atoms with E-state index >= 15 is 0 Å². The maximum atomic E-state index is 10.9. The van der Waals surface area contributed by atoms with Gasteiger partial charge in [-0.25, -0.2) is 5.10 Å². The molecule has 1 aromatic heterocycles. The van der Waals surface area contributed by atoms with E-state index in [2.05, 4.69) is 25.2 Å². The number of aromatic amines is 1. The highest BCUT2D eigenvalue weighted by Crippen LogP contribution is 2.03. The number of H-pyrrole nitrogens is 1. The summed E-state index contributed by atoms with van der Waals surface area (Å²) in [5, 5.41) is 8.53. The Labute approximate surface area is 74.4 Å². The van der Waals surface area contributed by atoms with Crippen molar-refractivity contribution >= 4 is 11.9 Å². The largest absolute Gasteiger partial charge is 0.466 e. The van der Waals surface area contributed by atoms with Crippen LogP contribution in [0.4, 0.5) is 5.95 Å². The van der Waals surface area contributed by atoms with E-state index in [4.69, 9.17) is 4.74 Å². The Bertz CT molecular complexity index is 285. The van der Waals surface area contributed by atoms with E-state index in [9.17, 15) is 4.79 Å². The van der Waals surface area contributed by atoms with E-state index in [1.165, 1.54) is 14.2 Å². The van der Waals surface area contributed by atoms with Crippen LogP contribution < -0.4 is 10.1 Å². The average molecular weight is 186 g/mol. The molecular weight excluding hydrogens is 176 g/mol. The van der Waals surface area contributed by atoms with Crippen molar-refractivity contribution in [3.05, 3.63) is 0 Å². The minimum absolute atomic E-state index is 0.0248. The van der Waals surface area contributed by atoms with Crippen LogP contribution in [0.2, 0.25) is 0 Å². The third-order valence-electron chi connectivity index (χ3n) is 1.18. The van der Waals surface area contributed by atoms with Gasteiger partial charge in [0.25, 0.3) is 5.91 Å². The Morgan fingerprint density at radius 3 is 2.92 bits per heavy atom. The van der Waals surface area contributed by atoms with Gasteiger partial charge >= 0.3 is 6.01 Å². The van der Waals surface area contributed by atoms with E-state index in [0.717, 1.165) is 0 Å². The summed E-state index contributed by atoms with van der Waals surface area (Å²) in [4.78, 5) is 14.7. The molecule has 0 radical (unpaired) electrons. The number of anilines is 1. The molecule has 13 heavy (non-hydrogen) atoms. The second-order valence-electron chi connectivity index (χ2n) is 2.15. The number of hydrogen-bond donors (Lipinski definition) is 2.